The molecule has 6 heteroatoms. The summed E-state index contributed by atoms with van der Waals surface area (Å²) < 4.78 is 5.93. The lowest BCUT2D eigenvalue weighted by atomic mass is 10.0. The summed E-state index contributed by atoms with van der Waals surface area (Å²) in [5.41, 5.74) is 0. The van der Waals surface area contributed by atoms with Crippen molar-refractivity contribution in [3.63, 3.8) is 0 Å². The van der Waals surface area contributed by atoms with Crippen molar-refractivity contribution in [1.29, 1.82) is 0 Å². The summed E-state index contributed by atoms with van der Waals surface area (Å²) in [6.07, 6.45) is 66.0. The molecule has 3 N–H and O–H groups in total. The van der Waals surface area contributed by atoms with Crippen LogP contribution in [-0.2, 0) is 14.3 Å². The molecule has 0 saturated carbocycles. The van der Waals surface area contributed by atoms with Crippen LogP contribution in [0.25, 0.3) is 0 Å². The van der Waals surface area contributed by atoms with E-state index in [9.17, 15) is 19.8 Å². The lowest BCUT2D eigenvalue weighted by Gasteiger charge is -2.24. The summed E-state index contributed by atoms with van der Waals surface area (Å²) in [7, 11) is 0. The monoisotopic (exact) mass is 926 g/mol. The average Bonchev–Trinajstić information content (AvgIpc) is 3.31. The van der Waals surface area contributed by atoms with E-state index in [1.165, 1.54) is 180 Å². The Morgan fingerprint density at radius 1 is 0.439 bits per heavy atom. The molecular weight excluding hydrogens is 815 g/mol. The number of nitrogens with one attached hydrogen (secondary N) is 1. The fourth-order valence-electron chi connectivity index (χ4n) is 8.77. The first-order chi connectivity index (χ1) is 32.5. The first kappa shape index (κ1) is 63.8. The minimum Gasteiger partial charge on any atom is -0.462 e. The zero-order valence-corrected chi connectivity index (χ0v) is 44.1. The predicted octanol–water partition coefficient (Wildman–Crippen LogP) is 17.8. The quantitative estimate of drug-likeness (QED) is 0.0321. The largest absolute Gasteiger partial charge is 0.462 e. The molecule has 0 bridgehead atoms. The Balaban J connectivity index is 4.64. The molecule has 6 nitrogen and oxygen atoms in total. The van der Waals surface area contributed by atoms with Crippen LogP contribution in [0.5, 0.6) is 0 Å². The van der Waals surface area contributed by atoms with E-state index in [0.29, 0.717) is 19.3 Å². The Morgan fingerprint density at radius 3 is 1.20 bits per heavy atom. The van der Waals surface area contributed by atoms with Crippen molar-refractivity contribution in [2.24, 2.45) is 0 Å². The molecular formula is C60H111NO5. The zero-order chi connectivity index (χ0) is 48.1. The maximum Gasteiger partial charge on any atom is 0.306 e. The third kappa shape index (κ3) is 48.3. The molecule has 1 amide bonds. The number of aliphatic hydroxyl groups is 2. The lowest BCUT2D eigenvalue weighted by molar-refractivity contribution is -0.151. The van der Waals surface area contributed by atoms with Gasteiger partial charge in [-0.3, -0.25) is 9.59 Å². The number of hydrogen-bond donors (Lipinski definition) is 3. The van der Waals surface area contributed by atoms with Crippen LogP contribution in [0.1, 0.15) is 297 Å². The summed E-state index contributed by atoms with van der Waals surface area (Å²) in [6.45, 7) is 6.47. The molecule has 0 aliphatic carbocycles. The second-order valence-corrected chi connectivity index (χ2v) is 19.7. The second kappa shape index (κ2) is 53.8. The Hall–Kier alpha value is -2.18. The number of rotatable bonds is 52. The van der Waals surface area contributed by atoms with E-state index in [4.69, 9.17) is 4.74 Å². The Bertz CT molecular complexity index is 1130. The molecule has 0 aromatic rings. The molecule has 0 fully saturated rings. The van der Waals surface area contributed by atoms with Gasteiger partial charge in [0.1, 0.15) is 6.10 Å². The fraction of sp³-hybridized carbons (Fsp3) is 0.833. The van der Waals surface area contributed by atoms with Crippen molar-refractivity contribution in [2.45, 2.75) is 315 Å². The number of ether oxygens (including phenoxy) is 1. The lowest BCUT2D eigenvalue weighted by Crippen LogP contribution is -2.46. The van der Waals surface area contributed by atoms with Crippen LogP contribution in [0.3, 0.4) is 0 Å². The van der Waals surface area contributed by atoms with Gasteiger partial charge in [0.05, 0.1) is 25.2 Å². The van der Waals surface area contributed by atoms with E-state index in [1.54, 1.807) is 0 Å². The van der Waals surface area contributed by atoms with E-state index in [1.807, 2.05) is 0 Å². The zero-order valence-electron chi connectivity index (χ0n) is 44.1. The molecule has 3 unspecified atom stereocenters. The van der Waals surface area contributed by atoms with Crippen LogP contribution in [0.15, 0.2) is 48.6 Å². The van der Waals surface area contributed by atoms with Gasteiger partial charge in [0, 0.05) is 6.42 Å². The number of hydrogen-bond acceptors (Lipinski definition) is 5. The van der Waals surface area contributed by atoms with Crippen LogP contribution < -0.4 is 5.32 Å². The molecule has 0 aliphatic heterocycles. The van der Waals surface area contributed by atoms with Gasteiger partial charge in [-0.1, -0.05) is 268 Å². The van der Waals surface area contributed by atoms with Gasteiger partial charge in [0.15, 0.2) is 0 Å². The maximum atomic E-state index is 13.3. The predicted molar refractivity (Wildman–Crippen MR) is 287 cm³/mol. The van der Waals surface area contributed by atoms with Gasteiger partial charge in [-0.25, -0.2) is 0 Å². The van der Waals surface area contributed by atoms with Crippen LogP contribution in [0.4, 0.5) is 0 Å². The van der Waals surface area contributed by atoms with Crippen molar-refractivity contribution in [1.82, 2.24) is 5.32 Å². The molecule has 0 heterocycles. The smallest absolute Gasteiger partial charge is 0.306 e. The molecule has 0 saturated heterocycles. The number of carbonyl (C=O) groups excluding carboxylic acids is 2. The van der Waals surface area contributed by atoms with Gasteiger partial charge in [-0.15, -0.1) is 0 Å². The Morgan fingerprint density at radius 2 is 0.788 bits per heavy atom. The summed E-state index contributed by atoms with van der Waals surface area (Å²) in [5, 5.41) is 23.9. The first-order valence-electron chi connectivity index (χ1n) is 28.9. The van der Waals surface area contributed by atoms with Gasteiger partial charge in [0.25, 0.3) is 0 Å². The molecule has 0 aromatic carbocycles. The van der Waals surface area contributed by atoms with E-state index in [2.05, 4.69) is 74.7 Å². The van der Waals surface area contributed by atoms with Gasteiger partial charge < -0.3 is 20.3 Å². The number of amides is 1. The fourth-order valence-corrected chi connectivity index (χ4v) is 8.77. The average molecular weight is 927 g/mol. The third-order valence-corrected chi connectivity index (χ3v) is 13.2. The van der Waals surface area contributed by atoms with E-state index >= 15 is 0 Å². The molecule has 386 valence electrons. The van der Waals surface area contributed by atoms with Crippen LogP contribution in [0.2, 0.25) is 0 Å². The van der Waals surface area contributed by atoms with Gasteiger partial charge in [-0.05, 0) is 64.2 Å². The van der Waals surface area contributed by atoms with Crippen molar-refractivity contribution >= 4 is 11.9 Å². The summed E-state index contributed by atoms with van der Waals surface area (Å²) in [6, 6.07) is -0.718. The first-order valence-corrected chi connectivity index (χ1v) is 28.9. The second-order valence-electron chi connectivity index (χ2n) is 19.7. The number of carbonyl (C=O) groups is 2. The highest BCUT2D eigenvalue weighted by Gasteiger charge is 2.24. The standard InChI is InChI=1S/C60H111NO5/c1-4-7-10-13-16-19-22-25-28-29-32-33-36-39-42-45-48-51-56(66-60(65)53-50-47-44-41-38-35-31-27-24-21-18-15-12-9-6-3)54-59(64)61-57(55-62)58(63)52-49-46-43-40-37-34-30-26-23-20-17-14-11-8-5-2/h16,19,25,28,32-33,39,42,56-58,62-63H,4-15,17-18,20-24,26-27,29-31,34-38,40-41,43-55H2,1-3H3,(H,61,64)/b19-16-,28-25-,33-32-,42-39-. The minimum absolute atomic E-state index is 0.0430. The van der Waals surface area contributed by atoms with Crippen LogP contribution in [-0.4, -0.2) is 46.9 Å². The van der Waals surface area contributed by atoms with Gasteiger partial charge in [-0.2, -0.15) is 0 Å². The molecule has 0 spiro atoms. The molecule has 66 heavy (non-hydrogen) atoms. The highest BCUT2D eigenvalue weighted by Crippen LogP contribution is 2.18. The number of aliphatic hydroxyl groups excluding tert-OH is 2. The summed E-state index contributed by atoms with van der Waals surface area (Å²) in [5.74, 6) is -0.515. The van der Waals surface area contributed by atoms with E-state index in [0.717, 1.165) is 70.6 Å². The molecule has 0 aromatic heterocycles. The summed E-state index contributed by atoms with van der Waals surface area (Å²) >= 11 is 0. The van der Waals surface area contributed by atoms with Gasteiger partial charge in [0.2, 0.25) is 5.91 Å². The van der Waals surface area contributed by atoms with Crippen LogP contribution in [0, 0.1) is 0 Å². The summed E-state index contributed by atoms with van der Waals surface area (Å²) in [4.78, 5) is 26.3. The Kier molecular flexibility index (Phi) is 52.0. The number of esters is 1. The molecule has 0 aliphatic rings. The normalized spacial score (nSPS) is 13.5. The van der Waals surface area contributed by atoms with E-state index in [-0.39, 0.29) is 24.9 Å². The maximum absolute atomic E-state index is 13.3. The van der Waals surface area contributed by atoms with Crippen molar-refractivity contribution in [3.8, 4) is 0 Å². The minimum atomic E-state index is -0.801. The molecule has 0 rings (SSSR count). The molecule has 3 atom stereocenters. The van der Waals surface area contributed by atoms with Crippen molar-refractivity contribution in [2.75, 3.05) is 6.61 Å². The van der Waals surface area contributed by atoms with Gasteiger partial charge >= 0.3 is 5.97 Å². The van der Waals surface area contributed by atoms with Crippen molar-refractivity contribution in [3.05, 3.63) is 48.6 Å². The SMILES string of the molecule is CCCCC/C=C\C/C=C\C/C=C\C/C=C\CCCC(CC(=O)NC(CO)C(O)CCCCCCCCCCCCCCCCC)OC(=O)CCCCCCCCCCCCCCCCC. The molecule has 0 radical (unpaired) electrons. The highest BCUT2D eigenvalue weighted by atomic mass is 16.5. The number of unbranched alkanes of at least 4 members (excludes halogenated alkanes) is 32. The third-order valence-electron chi connectivity index (χ3n) is 13.2. The topological polar surface area (TPSA) is 95.9 Å². The van der Waals surface area contributed by atoms with Crippen molar-refractivity contribution < 1.29 is 24.5 Å². The van der Waals surface area contributed by atoms with E-state index < -0.39 is 18.2 Å². The number of allylic oxidation sites excluding steroid dienone is 8. The highest BCUT2D eigenvalue weighted by molar-refractivity contribution is 5.77. The Labute approximate surface area is 410 Å². The van der Waals surface area contributed by atoms with Crippen LogP contribution >= 0.6 is 0 Å².